The van der Waals surface area contributed by atoms with Gasteiger partial charge in [-0.3, -0.25) is 4.52 Å². The van der Waals surface area contributed by atoms with E-state index in [-0.39, 0.29) is 12.5 Å². The zero-order valence-electron chi connectivity index (χ0n) is 9.30. The number of hydrogen-bond donors (Lipinski definition) is 3. The van der Waals surface area contributed by atoms with Crippen LogP contribution in [0.1, 0.15) is 39.5 Å². The largest absolute Gasteiger partial charge is 0.469 e. The minimum Gasteiger partial charge on any atom is -0.393 e. The summed E-state index contributed by atoms with van der Waals surface area (Å²) in [7, 11) is -4.41. The van der Waals surface area contributed by atoms with E-state index in [9.17, 15) is 9.67 Å². The van der Waals surface area contributed by atoms with Crippen molar-refractivity contribution in [2.24, 2.45) is 5.92 Å². The molecule has 0 amide bonds. The summed E-state index contributed by atoms with van der Waals surface area (Å²) in [5.74, 6) is -0.204. The second-order valence-corrected chi connectivity index (χ2v) is 4.90. The van der Waals surface area contributed by atoms with Crippen LogP contribution in [-0.4, -0.2) is 27.6 Å². The smallest absolute Gasteiger partial charge is 0.393 e. The lowest BCUT2D eigenvalue weighted by molar-refractivity contribution is 0.0543. The Morgan fingerprint density at radius 3 is 2.33 bits per heavy atom. The van der Waals surface area contributed by atoms with E-state index in [1.54, 1.807) is 0 Å². The van der Waals surface area contributed by atoms with Crippen LogP contribution in [0.2, 0.25) is 0 Å². The van der Waals surface area contributed by atoms with Gasteiger partial charge in [-0.15, -0.1) is 0 Å². The Bertz CT molecular complexity index is 203. The van der Waals surface area contributed by atoms with Crippen LogP contribution in [0.15, 0.2) is 0 Å². The molecule has 2 atom stereocenters. The number of rotatable bonds is 8. The van der Waals surface area contributed by atoms with E-state index in [0.29, 0.717) is 12.8 Å². The van der Waals surface area contributed by atoms with Gasteiger partial charge >= 0.3 is 7.82 Å². The third-order valence-corrected chi connectivity index (χ3v) is 2.86. The van der Waals surface area contributed by atoms with E-state index >= 15 is 0 Å². The Kier molecular flexibility index (Phi) is 7.40. The molecule has 0 heterocycles. The number of aliphatic hydroxyl groups is 1. The van der Waals surface area contributed by atoms with Gasteiger partial charge in [0.1, 0.15) is 0 Å². The highest BCUT2D eigenvalue weighted by Gasteiger charge is 2.22. The fourth-order valence-corrected chi connectivity index (χ4v) is 1.73. The fourth-order valence-electron chi connectivity index (χ4n) is 1.34. The molecule has 6 heteroatoms. The minimum atomic E-state index is -4.41. The van der Waals surface area contributed by atoms with Gasteiger partial charge in [0.15, 0.2) is 0 Å². The van der Waals surface area contributed by atoms with Crippen LogP contribution in [-0.2, 0) is 9.09 Å². The zero-order valence-corrected chi connectivity index (χ0v) is 10.2. The maximum absolute atomic E-state index is 10.5. The van der Waals surface area contributed by atoms with Crippen LogP contribution in [0.4, 0.5) is 0 Å². The average Bonchev–Trinajstić information content (AvgIpc) is 2.13. The number of aliphatic hydroxyl groups excluding tert-OH is 1. The Labute approximate surface area is 90.7 Å². The molecule has 0 aliphatic carbocycles. The molecule has 0 spiro atoms. The normalized spacial score (nSPS) is 16.3. The predicted molar refractivity (Wildman–Crippen MR) is 57.3 cm³/mol. The summed E-state index contributed by atoms with van der Waals surface area (Å²) in [5.41, 5.74) is 0. The van der Waals surface area contributed by atoms with Crippen LogP contribution in [0, 0.1) is 5.92 Å². The highest BCUT2D eigenvalue weighted by Crippen LogP contribution is 2.37. The molecule has 0 aliphatic rings. The zero-order chi connectivity index (χ0) is 11.9. The van der Waals surface area contributed by atoms with Gasteiger partial charge in [0.25, 0.3) is 0 Å². The molecule has 0 bridgehead atoms. The number of phosphoric acid groups is 1. The van der Waals surface area contributed by atoms with Crippen molar-refractivity contribution < 1.29 is 24.0 Å². The highest BCUT2D eigenvalue weighted by molar-refractivity contribution is 7.46. The molecule has 0 saturated carbocycles. The number of unbranched alkanes of at least 4 members (excludes halogenated alkanes) is 1. The summed E-state index contributed by atoms with van der Waals surface area (Å²) in [6.07, 6.45) is 2.66. The second-order valence-electron chi connectivity index (χ2n) is 3.66. The van der Waals surface area contributed by atoms with Crippen molar-refractivity contribution in [2.45, 2.75) is 45.6 Å². The molecule has 3 N–H and O–H groups in total. The lowest BCUT2D eigenvalue weighted by Gasteiger charge is -2.21. The Morgan fingerprint density at radius 2 is 1.93 bits per heavy atom. The molecule has 0 aliphatic heterocycles. The van der Waals surface area contributed by atoms with E-state index in [0.717, 1.165) is 12.8 Å². The quantitative estimate of drug-likeness (QED) is 0.562. The summed E-state index contributed by atoms with van der Waals surface area (Å²) in [6.45, 7) is 3.80. The van der Waals surface area contributed by atoms with Crippen LogP contribution in [0.3, 0.4) is 0 Å². The minimum absolute atomic E-state index is 0.0916. The van der Waals surface area contributed by atoms with Gasteiger partial charge in [-0.2, -0.15) is 0 Å². The van der Waals surface area contributed by atoms with Gasteiger partial charge in [-0.1, -0.05) is 26.7 Å². The lowest BCUT2D eigenvalue weighted by Crippen LogP contribution is -2.24. The van der Waals surface area contributed by atoms with Crippen molar-refractivity contribution in [2.75, 3.05) is 6.61 Å². The van der Waals surface area contributed by atoms with Gasteiger partial charge < -0.3 is 14.9 Å². The SMILES string of the molecule is CCCCC(O)C(CC)COP(=O)(O)O. The van der Waals surface area contributed by atoms with Crippen molar-refractivity contribution in [3.05, 3.63) is 0 Å². The van der Waals surface area contributed by atoms with Gasteiger partial charge in [0.05, 0.1) is 12.7 Å². The molecular weight excluding hydrogens is 219 g/mol. The average molecular weight is 240 g/mol. The van der Waals surface area contributed by atoms with E-state index in [2.05, 4.69) is 4.52 Å². The molecule has 0 rings (SSSR count). The molecule has 0 radical (unpaired) electrons. The molecular formula is C9H21O5P. The van der Waals surface area contributed by atoms with Gasteiger partial charge in [-0.25, -0.2) is 4.57 Å². The summed E-state index contributed by atoms with van der Waals surface area (Å²) >= 11 is 0. The number of phosphoric ester groups is 1. The second kappa shape index (κ2) is 7.36. The monoisotopic (exact) mass is 240 g/mol. The summed E-state index contributed by atoms with van der Waals surface area (Å²) in [4.78, 5) is 17.1. The fraction of sp³-hybridized carbons (Fsp3) is 1.00. The first-order valence-electron chi connectivity index (χ1n) is 5.28. The van der Waals surface area contributed by atoms with E-state index in [1.807, 2.05) is 13.8 Å². The molecule has 92 valence electrons. The lowest BCUT2D eigenvalue weighted by atomic mass is 9.96. The first-order valence-corrected chi connectivity index (χ1v) is 6.81. The molecule has 2 unspecified atom stereocenters. The van der Waals surface area contributed by atoms with Gasteiger partial charge in [0, 0.05) is 5.92 Å². The topological polar surface area (TPSA) is 87.0 Å². The molecule has 0 aromatic heterocycles. The van der Waals surface area contributed by atoms with Crippen molar-refractivity contribution in [3.63, 3.8) is 0 Å². The first kappa shape index (κ1) is 15.1. The third kappa shape index (κ3) is 7.94. The summed E-state index contributed by atoms with van der Waals surface area (Å²) in [6, 6.07) is 0. The number of hydrogen-bond acceptors (Lipinski definition) is 3. The van der Waals surface area contributed by atoms with E-state index < -0.39 is 13.9 Å². The first-order chi connectivity index (χ1) is 6.90. The van der Waals surface area contributed by atoms with Crippen LogP contribution in [0.25, 0.3) is 0 Å². The highest BCUT2D eigenvalue weighted by atomic mass is 31.2. The van der Waals surface area contributed by atoms with Crippen LogP contribution >= 0.6 is 7.82 Å². The van der Waals surface area contributed by atoms with E-state index in [1.165, 1.54) is 0 Å². The van der Waals surface area contributed by atoms with Crippen molar-refractivity contribution in [1.29, 1.82) is 0 Å². The molecule has 0 fully saturated rings. The van der Waals surface area contributed by atoms with Gasteiger partial charge in [-0.05, 0) is 12.8 Å². The maximum atomic E-state index is 10.5. The molecule has 0 saturated heterocycles. The molecule has 5 nitrogen and oxygen atoms in total. The molecule has 0 aromatic carbocycles. The molecule has 0 aromatic rings. The van der Waals surface area contributed by atoms with Crippen molar-refractivity contribution in [1.82, 2.24) is 0 Å². The third-order valence-electron chi connectivity index (χ3n) is 2.38. The Hall–Kier alpha value is 0.0700. The standard InChI is InChI=1S/C9H21O5P/c1-3-5-6-9(10)8(4-2)7-14-15(11,12)13/h8-10H,3-7H2,1-2H3,(H2,11,12,13). The Balaban J connectivity index is 3.95. The summed E-state index contributed by atoms with van der Waals surface area (Å²) in [5, 5.41) is 9.70. The predicted octanol–water partition coefficient (Wildman–Crippen LogP) is 1.67. The molecule has 15 heavy (non-hydrogen) atoms. The van der Waals surface area contributed by atoms with Gasteiger partial charge in [0.2, 0.25) is 0 Å². The Morgan fingerprint density at radius 1 is 1.33 bits per heavy atom. The van der Waals surface area contributed by atoms with E-state index in [4.69, 9.17) is 9.79 Å². The van der Waals surface area contributed by atoms with Crippen molar-refractivity contribution in [3.8, 4) is 0 Å². The van der Waals surface area contributed by atoms with Crippen LogP contribution in [0.5, 0.6) is 0 Å². The maximum Gasteiger partial charge on any atom is 0.469 e. The van der Waals surface area contributed by atoms with Crippen molar-refractivity contribution >= 4 is 7.82 Å². The van der Waals surface area contributed by atoms with Crippen LogP contribution < -0.4 is 0 Å². The summed E-state index contributed by atoms with van der Waals surface area (Å²) < 4.78 is 14.9.